The Morgan fingerprint density at radius 1 is 1.00 bits per heavy atom. The molecule has 1 fully saturated rings. The monoisotopic (exact) mass is 262 g/mol. The predicted octanol–water partition coefficient (Wildman–Crippen LogP) is 0.337. The molecule has 0 bridgehead atoms. The van der Waals surface area contributed by atoms with Gasteiger partial charge in [-0.3, -0.25) is 0 Å². The maximum Gasteiger partial charge on any atom is 0.237 e. The molecule has 0 N–H and O–H groups in total. The smallest absolute Gasteiger partial charge is 0.211 e. The molecule has 0 radical (unpaired) electrons. The summed E-state index contributed by atoms with van der Waals surface area (Å²) >= 11 is 0. The van der Waals surface area contributed by atoms with Crippen LogP contribution in [0.15, 0.2) is 20.0 Å². The van der Waals surface area contributed by atoms with Crippen molar-refractivity contribution in [3.05, 3.63) is 0 Å². The Bertz CT molecular complexity index is 505. The van der Waals surface area contributed by atoms with Crippen molar-refractivity contribution in [2.45, 2.75) is 43.4 Å². The molecule has 0 aromatic carbocycles. The largest absolute Gasteiger partial charge is 0.237 e. The molecule has 98 valence electrons. The fraction of sp³-hybridized carbons (Fsp3) is 0.636. The molecule has 8 nitrogen and oxygen atoms in total. The average Bonchev–Trinajstić information content (AvgIpc) is 2.39. The highest BCUT2D eigenvalue weighted by molar-refractivity contribution is 5.41. The second kappa shape index (κ2) is 7.07. The van der Waals surface area contributed by atoms with Crippen molar-refractivity contribution in [1.29, 1.82) is 0 Å². The van der Waals surface area contributed by atoms with Crippen LogP contribution in [0.25, 0.3) is 0 Å². The van der Waals surface area contributed by atoms with E-state index in [2.05, 4.69) is 20.0 Å². The fourth-order valence-corrected chi connectivity index (χ4v) is 2.29. The minimum absolute atomic E-state index is 0.151. The molecule has 1 saturated carbocycles. The summed E-state index contributed by atoms with van der Waals surface area (Å²) in [5.41, 5.74) is -1.21. The Balaban J connectivity index is 3.20. The average molecular weight is 262 g/mol. The van der Waals surface area contributed by atoms with Gasteiger partial charge in [0.15, 0.2) is 6.17 Å². The zero-order chi connectivity index (χ0) is 14.1. The van der Waals surface area contributed by atoms with Crippen LogP contribution in [-0.4, -0.2) is 42.1 Å². The number of aliphatic imine (C=N–C) groups is 4. The summed E-state index contributed by atoms with van der Waals surface area (Å²) in [6.07, 6.45) is 5.92. The highest BCUT2D eigenvalue weighted by Crippen LogP contribution is 2.37. The quantitative estimate of drug-likeness (QED) is 0.524. The Morgan fingerprint density at radius 2 is 1.68 bits per heavy atom. The van der Waals surface area contributed by atoms with Crippen LogP contribution in [0.2, 0.25) is 0 Å². The van der Waals surface area contributed by atoms with E-state index in [1.165, 1.54) is 24.3 Å². The lowest BCUT2D eigenvalue weighted by atomic mass is 9.77. The normalized spacial score (nSPS) is 26.6. The molecular formula is C11H10N4O4. The molecule has 0 aliphatic heterocycles. The fourth-order valence-electron chi connectivity index (χ4n) is 2.29. The molecule has 19 heavy (non-hydrogen) atoms. The van der Waals surface area contributed by atoms with E-state index in [0.717, 1.165) is 0 Å². The molecule has 0 saturated heterocycles. The van der Waals surface area contributed by atoms with Crippen LogP contribution in [0.1, 0.15) is 25.7 Å². The van der Waals surface area contributed by atoms with Gasteiger partial charge in [-0.1, -0.05) is 0 Å². The summed E-state index contributed by atoms with van der Waals surface area (Å²) in [6.45, 7) is 0. The molecule has 2 unspecified atom stereocenters. The second-order valence-electron chi connectivity index (χ2n) is 4.09. The first-order chi connectivity index (χ1) is 9.22. The van der Waals surface area contributed by atoms with Gasteiger partial charge in [-0.25, -0.2) is 24.2 Å². The van der Waals surface area contributed by atoms with Crippen LogP contribution in [0.4, 0.5) is 0 Å². The Morgan fingerprint density at radius 3 is 2.21 bits per heavy atom. The SMILES string of the molecule is O=C=NC1CCCC(N=C=O)(C(N=C=O)N=C=O)C1. The third-order valence-corrected chi connectivity index (χ3v) is 3.07. The summed E-state index contributed by atoms with van der Waals surface area (Å²) in [7, 11) is 0. The van der Waals surface area contributed by atoms with Gasteiger partial charge in [0.2, 0.25) is 24.3 Å². The van der Waals surface area contributed by atoms with Gasteiger partial charge in [0.05, 0.1) is 6.04 Å². The van der Waals surface area contributed by atoms with E-state index >= 15 is 0 Å². The number of nitrogens with zero attached hydrogens (tertiary/aromatic N) is 4. The summed E-state index contributed by atoms with van der Waals surface area (Å²) in [4.78, 5) is 55.6. The van der Waals surface area contributed by atoms with Crippen molar-refractivity contribution >= 4 is 24.3 Å². The number of carbonyl (C=O) groups excluding carboxylic acids is 4. The summed E-state index contributed by atoms with van der Waals surface area (Å²) in [5, 5.41) is 0. The second-order valence-corrected chi connectivity index (χ2v) is 4.09. The first kappa shape index (κ1) is 14.6. The van der Waals surface area contributed by atoms with Gasteiger partial charge >= 0.3 is 0 Å². The van der Waals surface area contributed by atoms with E-state index in [1.807, 2.05) is 0 Å². The lowest BCUT2D eigenvalue weighted by molar-refractivity contribution is 0.234. The van der Waals surface area contributed by atoms with E-state index in [9.17, 15) is 19.2 Å². The van der Waals surface area contributed by atoms with Gasteiger partial charge in [-0.2, -0.15) is 15.0 Å². The van der Waals surface area contributed by atoms with E-state index in [-0.39, 0.29) is 6.42 Å². The molecule has 0 aromatic heterocycles. The molecule has 0 heterocycles. The third-order valence-electron chi connectivity index (χ3n) is 3.07. The predicted molar refractivity (Wildman–Crippen MR) is 61.3 cm³/mol. The van der Waals surface area contributed by atoms with Crippen LogP contribution < -0.4 is 0 Å². The molecule has 0 amide bonds. The Kier molecular flexibility index (Phi) is 5.42. The van der Waals surface area contributed by atoms with Crippen LogP contribution in [0.3, 0.4) is 0 Å². The van der Waals surface area contributed by atoms with Crippen LogP contribution in [-0.2, 0) is 19.2 Å². The van der Waals surface area contributed by atoms with E-state index < -0.39 is 17.7 Å². The van der Waals surface area contributed by atoms with Crippen LogP contribution in [0, 0.1) is 0 Å². The van der Waals surface area contributed by atoms with Gasteiger partial charge < -0.3 is 0 Å². The lowest BCUT2D eigenvalue weighted by Crippen LogP contribution is -2.44. The number of hydrogen-bond acceptors (Lipinski definition) is 8. The maximum atomic E-state index is 10.6. The first-order valence-corrected chi connectivity index (χ1v) is 5.52. The topological polar surface area (TPSA) is 118 Å². The zero-order valence-electron chi connectivity index (χ0n) is 9.90. The minimum atomic E-state index is -1.21. The number of hydrogen-bond donors (Lipinski definition) is 0. The van der Waals surface area contributed by atoms with Crippen molar-refractivity contribution in [2.24, 2.45) is 20.0 Å². The molecule has 1 rings (SSSR count). The lowest BCUT2D eigenvalue weighted by Gasteiger charge is -2.35. The van der Waals surface area contributed by atoms with Crippen LogP contribution >= 0.6 is 0 Å². The first-order valence-electron chi connectivity index (χ1n) is 5.52. The summed E-state index contributed by atoms with van der Waals surface area (Å²) < 4.78 is 0. The Labute approximate surface area is 108 Å². The Hall–Kier alpha value is -2.48. The summed E-state index contributed by atoms with van der Waals surface area (Å²) in [6, 6.07) is -0.408. The maximum absolute atomic E-state index is 10.6. The third kappa shape index (κ3) is 3.49. The molecule has 0 aromatic rings. The van der Waals surface area contributed by atoms with Crippen molar-refractivity contribution < 1.29 is 19.2 Å². The highest BCUT2D eigenvalue weighted by atomic mass is 16.1. The minimum Gasteiger partial charge on any atom is -0.211 e. The van der Waals surface area contributed by atoms with Crippen molar-refractivity contribution in [1.82, 2.24) is 0 Å². The van der Waals surface area contributed by atoms with Gasteiger partial charge in [0.25, 0.3) is 0 Å². The van der Waals surface area contributed by atoms with Gasteiger partial charge in [0.1, 0.15) is 5.54 Å². The molecule has 8 heteroatoms. The highest BCUT2D eigenvalue weighted by Gasteiger charge is 2.44. The van der Waals surface area contributed by atoms with Crippen molar-refractivity contribution in [3.63, 3.8) is 0 Å². The molecular weight excluding hydrogens is 252 g/mol. The van der Waals surface area contributed by atoms with Crippen LogP contribution in [0.5, 0.6) is 0 Å². The molecule has 1 aliphatic rings. The summed E-state index contributed by atoms with van der Waals surface area (Å²) in [5.74, 6) is 0. The van der Waals surface area contributed by atoms with Gasteiger partial charge in [-0.05, 0) is 19.3 Å². The van der Waals surface area contributed by atoms with Gasteiger partial charge in [0, 0.05) is 6.42 Å². The van der Waals surface area contributed by atoms with E-state index in [1.54, 1.807) is 0 Å². The zero-order valence-corrected chi connectivity index (χ0v) is 9.90. The molecule has 1 aliphatic carbocycles. The molecule has 2 atom stereocenters. The van der Waals surface area contributed by atoms with Crippen molar-refractivity contribution in [3.8, 4) is 0 Å². The van der Waals surface area contributed by atoms with E-state index in [0.29, 0.717) is 19.3 Å². The number of isocyanates is 4. The molecule has 0 spiro atoms. The van der Waals surface area contributed by atoms with Crippen molar-refractivity contribution in [2.75, 3.05) is 0 Å². The standard InChI is InChI=1S/C11H10N4O4/c16-5-12-9-2-1-3-11(4-9,15-8-19)10(13-6-17)14-7-18/h9-10H,1-4H2. The number of rotatable bonds is 5. The van der Waals surface area contributed by atoms with E-state index in [4.69, 9.17) is 0 Å². The van der Waals surface area contributed by atoms with Gasteiger partial charge in [-0.15, -0.1) is 0 Å².